The summed E-state index contributed by atoms with van der Waals surface area (Å²) < 4.78 is 0. The standard InChI is InChI=1S/C16H19ClN4O/c1-11(2)18-8-9-19-13-10-20-16(21-14(13)15(17)22)12-6-4-3-5-7-12/h3-7,10-11,18-19H,8-9H2,1-2H3. The Morgan fingerprint density at radius 1 is 1.23 bits per heavy atom. The first-order valence-electron chi connectivity index (χ1n) is 7.17. The van der Waals surface area contributed by atoms with Gasteiger partial charge in [0.2, 0.25) is 0 Å². The summed E-state index contributed by atoms with van der Waals surface area (Å²) in [6, 6.07) is 9.88. The number of nitrogens with zero attached hydrogens (tertiary/aromatic N) is 2. The summed E-state index contributed by atoms with van der Waals surface area (Å²) in [4.78, 5) is 20.2. The molecule has 0 saturated heterocycles. The van der Waals surface area contributed by atoms with Gasteiger partial charge in [0.1, 0.15) is 5.69 Å². The van der Waals surface area contributed by atoms with Crippen molar-refractivity contribution in [3.05, 3.63) is 42.2 Å². The van der Waals surface area contributed by atoms with Crippen LogP contribution in [0.3, 0.4) is 0 Å². The van der Waals surface area contributed by atoms with Crippen LogP contribution in [-0.4, -0.2) is 34.3 Å². The number of hydrogen-bond acceptors (Lipinski definition) is 5. The number of hydrogen-bond donors (Lipinski definition) is 2. The first kappa shape index (κ1) is 16.4. The van der Waals surface area contributed by atoms with Crippen LogP contribution in [0.25, 0.3) is 11.4 Å². The van der Waals surface area contributed by atoms with Gasteiger partial charge in [-0.1, -0.05) is 44.2 Å². The molecule has 0 fully saturated rings. The van der Waals surface area contributed by atoms with Gasteiger partial charge in [0.15, 0.2) is 5.82 Å². The van der Waals surface area contributed by atoms with E-state index < -0.39 is 5.24 Å². The minimum absolute atomic E-state index is 0.195. The lowest BCUT2D eigenvalue weighted by Crippen LogP contribution is -2.28. The van der Waals surface area contributed by atoms with E-state index in [4.69, 9.17) is 11.6 Å². The summed E-state index contributed by atoms with van der Waals surface area (Å²) in [6.07, 6.45) is 1.60. The highest BCUT2D eigenvalue weighted by atomic mass is 35.5. The summed E-state index contributed by atoms with van der Waals surface area (Å²) in [5, 5.41) is 5.82. The SMILES string of the molecule is CC(C)NCCNc1cnc(-c2ccccc2)nc1C(=O)Cl. The molecule has 1 aromatic carbocycles. The van der Waals surface area contributed by atoms with Crippen LogP contribution in [0.5, 0.6) is 0 Å². The average Bonchev–Trinajstić information content (AvgIpc) is 2.52. The Morgan fingerprint density at radius 2 is 1.95 bits per heavy atom. The molecule has 116 valence electrons. The quantitative estimate of drug-likeness (QED) is 0.607. The van der Waals surface area contributed by atoms with E-state index in [0.29, 0.717) is 24.1 Å². The molecule has 0 radical (unpaired) electrons. The van der Waals surface area contributed by atoms with Crippen LogP contribution >= 0.6 is 11.6 Å². The molecule has 0 unspecified atom stereocenters. The van der Waals surface area contributed by atoms with E-state index in [1.54, 1.807) is 6.20 Å². The van der Waals surface area contributed by atoms with Gasteiger partial charge in [-0.2, -0.15) is 0 Å². The molecule has 0 aliphatic carbocycles. The summed E-state index contributed by atoms with van der Waals surface area (Å²) in [7, 11) is 0. The van der Waals surface area contributed by atoms with Crippen molar-refractivity contribution in [2.75, 3.05) is 18.4 Å². The second-order valence-corrected chi connectivity index (χ2v) is 5.47. The van der Waals surface area contributed by atoms with Gasteiger partial charge < -0.3 is 10.6 Å². The van der Waals surface area contributed by atoms with Crippen molar-refractivity contribution in [2.45, 2.75) is 19.9 Å². The molecule has 2 N–H and O–H groups in total. The number of carbonyl (C=O) groups excluding carboxylic acids is 1. The molecule has 0 amide bonds. The second-order valence-electron chi connectivity index (χ2n) is 5.13. The number of aromatic nitrogens is 2. The maximum atomic E-state index is 11.6. The zero-order valence-electron chi connectivity index (χ0n) is 12.6. The van der Waals surface area contributed by atoms with E-state index in [1.165, 1.54) is 0 Å². The van der Waals surface area contributed by atoms with Crippen LogP contribution < -0.4 is 10.6 Å². The van der Waals surface area contributed by atoms with Gasteiger partial charge in [-0.05, 0) is 11.6 Å². The lowest BCUT2D eigenvalue weighted by Gasteiger charge is -2.12. The van der Waals surface area contributed by atoms with E-state index >= 15 is 0 Å². The van der Waals surface area contributed by atoms with Crippen molar-refractivity contribution < 1.29 is 4.79 Å². The first-order chi connectivity index (χ1) is 10.6. The molecule has 1 heterocycles. The third-order valence-corrected chi connectivity index (χ3v) is 3.18. The maximum absolute atomic E-state index is 11.6. The van der Waals surface area contributed by atoms with Crippen molar-refractivity contribution in [1.82, 2.24) is 15.3 Å². The fourth-order valence-electron chi connectivity index (χ4n) is 1.95. The first-order valence-corrected chi connectivity index (χ1v) is 7.55. The predicted octanol–water partition coefficient (Wildman–Crippen LogP) is 2.93. The average molecular weight is 319 g/mol. The number of anilines is 1. The molecular weight excluding hydrogens is 300 g/mol. The van der Waals surface area contributed by atoms with Gasteiger partial charge >= 0.3 is 0 Å². The second kappa shape index (κ2) is 7.87. The number of rotatable bonds is 7. The fourth-order valence-corrected chi connectivity index (χ4v) is 2.09. The zero-order chi connectivity index (χ0) is 15.9. The lowest BCUT2D eigenvalue weighted by molar-refractivity contribution is 0.107. The largest absolute Gasteiger partial charge is 0.381 e. The molecular formula is C16H19ClN4O. The maximum Gasteiger partial charge on any atom is 0.273 e. The van der Waals surface area contributed by atoms with Gasteiger partial charge in [0.25, 0.3) is 5.24 Å². The Balaban J connectivity index is 2.16. The highest BCUT2D eigenvalue weighted by Crippen LogP contribution is 2.20. The van der Waals surface area contributed by atoms with Crippen LogP contribution in [0.15, 0.2) is 36.5 Å². The van der Waals surface area contributed by atoms with Crippen LogP contribution in [-0.2, 0) is 0 Å². The van der Waals surface area contributed by atoms with Gasteiger partial charge in [-0.15, -0.1) is 0 Å². The van der Waals surface area contributed by atoms with Crippen molar-refractivity contribution >= 4 is 22.5 Å². The monoisotopic (exact) mass is 318 g/mol. The van der Waals surface area contributed by atoms with Gasteiger partial charge in [0.05, 0.1) is 11.9 Å². The van der Waals surface area contributed by atoms with E-state index in [9.17, 15) is 4.79 Å². The highest BCUT2D eigenvalue weighted by molar-refractivity contribution is 6.68. The molecule has 1 aromatic heterocycles. The van der Waals surface area contributed by atoms with Crippen molar-refractivity contribution in [3.8, 4) is 11.4 Å². The Bertz CT molecular complexity index is 631. The highest BCUT2D eigenvalue weighted by Gasteiger charge is 2.13. The van der Waals surface area contributed by atoms with Gasteiger partial charge in [-0.25, -0.2) is 9.97 Å². The summed E-state index contributed by atoms with van der Waals surface area (Å²) in [5.41, 5.74) is 1.58. The molecule has 6 heteroatoms. The molecule has 0 atom stereocenters. The predicted molar refractivity (Wildman–Crippen MR) is 89.3 cm³/mol. The minimum Gasteiger partial charge on any atom is -0.381 e. The van der Waals surface area contributed by atoms with Crippen molar-refractivity contribution in [3.63, 3.8) is 0 Å². The van der Waals surface area contributed by atoms with E-state index in [2.05, 4.69) is 34.4 Å². The molecule has 0 spiro atoms. The Morgan fingerprint density at radius 3 is 2.59 bits per heavy atom. The van der Waals surface area contributed by atoms with Gasteiger partial charge in [-0.3, -0.25) is 4.79 Å². The van der Waals surface area contributed by atoms with Gasteiger partial charge in [0, 0.05) is 24.7 Å². The van der Waals surface area contributed by atoms with Crippen molar-refractivity contribution in [2.24, 2.45) is 0 Å². The van der Waals surface area contributed by atoms with Crippen molar-refractivity contribution in [1.29, 1.82) is 0 Å². The van der Waals surface area contributed by atoms with Crippen LogP contribution in [0.2, 0.25) is 0 Å². The van der Waals surface area contributed by atoms with Crippen LogP contribution in [0.1, 0.15) is 24.3 Å². The molecule has 5 nitrogen and oxygen atoms in total. The number of carbonyl (C=O) groups is 1. The Hall–Kier alpha value is -1.98. The van der Waals surface area contributed by atoms with Crippen LogP contribution in [0.4, 0.5) is 5.69 Å². The minimum atomic E-state index is -0.598. The lowest BCUT2D eigenvalue weighted by atomic mass is 10.2. The molecule has 2 aromatic rings. The third kappa shape index (κ3) is 4.51. The zero-order valence-corrected chi connectivity index (χ0v) is 13.4. The van der Waals surface area contributed by atoms with Crippen LogP contribution in [0, 0.1) is 0 Å². The molecule has 0 aliphatic heterocycles. The molecule has 0 aliphatic rings. The molecule has 0 saturated carbocycles. The fraction of sp³-hybridized carbons (Fsp3) is 0.312. The smallest absolute Gasteiger partial charge is 0.273 e. The number of benzene rings is 1. The Labute approximate surface area is 135 Å². The summed E-state index contributed by atoms with van der Waals surface area (Å²) >= 11 is 5.65. The third-order valence-electron chi connectivity index (χ3n) is 3.00. The van der Waals surface area contributed by atoms with E-state index in [1.807, 2.05) is 30.3 Å². The topological polar surface area (TPSA) is 66.9 Å². The van der Waals surface area contributed by atoms with E-state index in [0.717, 1.165) is 12.1 Å². The van der Waals surface area contributed by atoms with E-state index in [-0.39, 0.29) is 5.69 Å². The Kier molecular flexibility index (Phi) is 5.86. The number of halogens is 1. The number of nitrogens with one attached hydrogen (secondary N) is 2. The summed E-state index contributed by atoms with van der Waals surface area (Å²) in [6.45, 7) is 5.58. The summed E-state index contributed by atoms with van der Waals surface area (Å²) in [5.74, 6) is 0.482. The molecule has 2 rings (SSSR count). The molecule has 0 bridgehead atoms. The molecule has 22 heavy (non-hydrogen) atoms. The normalized spacial score (nSPS) is 10.7.